The predicted octanol–water partition coefficient (Wildman–Crippen LogP) is -0.0965. The third kappa shape index (κ3) is 2.85. The molecule has 4 N–H and O–H groups in total. The average molecular weight is 263 g/mol. The zero-order valence-electron chi connectivity index (χ0n) is 10.8. The van der Waals surface area contributed by atoms with Crippen molar-refractivity contribution in [3.63, 3.8) is 0 Å². The van der Waals surface area contributed by atoms with Gasteiger partial charge in [0.25, 0.3) is 5.91 Å². The molecule has 0 bridgehead atoms. The predicted molar refractivity (Wildman–Crippen MR) is 70.4 cm³/mol. The maximum atomic E-state index is 12.4. The topological polar surface area (TPSA) is 98.7 Å². The molecule has 0 aromatic heterocycles. The van der Waals surface area contributed by atoms with Gasteiger partial charge in [0.1, 0.15) is 6.04 Å². The summed E-state index contributed by atoms with van der Waals surface area (Å²) in [5.41, 5.74) is 12.9. The molecule has 1 heterocycles. The van der Waals surface area contributed by atoms with Crippen molar-refractivity contribution in [2.75, 3.05) is 25.5 Å². The van der Waals surface area contributed by atoms with Gasteiger partial charge >= 0.3 is 0 Å². The van der Waals surface area contributed by atoms with Crippen molar-refractivity contribution in [2.24, 2.45) is 5.73 Å². The van der Waals surface area contributed by atoms with E-state index < -0.39 is 11.9 Å². The minimum Gasteiger partial charge on any atom is -0.399 e. The zero-order chi connectivity index (χ0) is 14.0. The van der Waals surface area contributed by atoms with E-state index in [2.05, 4.69) is 0 Å². The van der Waals surface area contributed by atoms with Gasteiger partial charge in [-0.05, 0) is 30.7 Å². The molecule has 0 aliphatic carbocycles. The van der Waals surface area contributed by atoms with E-state index in [-0.39, 0.29) is 12.5 Å². The third-order valence-corrected chi connectivity index (χ3v) is 3.06. The van der Waals surface area contributed by atoms with Crippen molar-refractivity contribution >= 4 is 17.5 Å². The molecule has 0 radical (unpaired) electrons. The van der Waals surface area contributed by atoms with Gasteiger partial charge in [0.2, 0.25) is 5.91 Å². The number of hydrogen-bond acceptors (Lipinski definition) is 4. The summed E-state index contributed by atoms with van der Waals surface area (Å²) in [5.74, 6) is -0.809. The number of benzene rings is 1. The van der Waals surface area contributed by atoms with Crippen LogP contribution in [0.25, 0.3) is 0 Å². The van der Waals surface area contributed by atoms with Gasteiger partial charge in [-0.1, -0.05) is 0 Å². The molecule has 0 spiro atoms. The number of nitrogens with two attached hydrogens (primary N) is 2. The maximum absolute atomic E-state index is 12.4. The highest BCUT2D eigenvalue weighted by atomic mass is 16.5. The Balaban J connectivity index is 2.28. The van der Waals surface area contributed by atoms with E-state index in [1.54, 1.807) is 18.2 Å². The van der Waals surface area contributed by atoms with Crippen LogP contribution in [0.15, 0.2) is 18.2 Å². The molecule has 1 aromatic carbocycles. The Morgan fingerprint density at radius 2 is 2.11 bits per heavy atom. The Morgan fingerprint density at radius 1 is 1.37 bits per heavy atom. The number of nitrogen functional groups attached to an aromatic ring is 1. The molecule has 19 heavy (non-hydrogen) atoms. The first-order valence-electron chi connectivity index (χ1n) is 6.04. The normalized spacial score (nSPS) is 19.2. The van der Waals surface area contributed by atoms with E-state index >= 15 is 0 Å². The Morgan fingerprint density at radius 3 is 2.74 bits per heavy atom. The first-order chi connectivity index (χ1) is 8.99. The first-order valence-corrected chi connectivity index (χ1v) is 6.04. The van der Waals surface area contributed by atoms with Crippen LogP contribution in [0, 0.1) is 6.92 Å². The van der Waals surface area contributed by atoms with Gasteiger partial charge in [-0.2, -0.15) is 0 Å². The lowest BCUT2D eigenvalue weighted by Crippen LogP contribution is -2.54. The largest absolute Gasteiger partial charge is 0.399 e. The lowest BCUT2D eigenvalue weighted by molar-refractivity contribution is -0.127. The molecular formula is C13H17N3O3. The van der Waals surface area contributed by atoms with Gasteiger partial charge in [-0.3, -0.25) is 9.59 Å². The second kappa shape index (κ2) is 5.27. The summed E-state index contributed by atoms with van der Waals surface area (Å²) in [4.78, 5) is 25.2. The minimum absolute atomic E-state index is 0.141. The number of nitrogens with zero attached hydrogens (tertiary/aromatic N) is 1. The van der Waals surface area contributed by atoms with Gasteiger partial charge in [0, 0.05) is 17.8 Å². The van der Waals surface area contributed by atoms with Crippen molar-refractivity contribution in [2.45, 2.75) is 13.0 Å². The van der Waals surface area contributed by atoms with E-state index in [9.17, 15) is 9.59 Å². The van der Waals surface area contributed by atoms with Crippen LogP contribution in [0.4, 0.5) is 5.69 Å². The van der Waals surface area contributed by atoms with Crippen LogP contribution in [-0.2, 0) is 9.53 Å². The van der Waals surface area contributed by atoms with Crippen molar-refractivity contribution in [1.82, 2.24) is 4.90 Å². The van der Waals surface area contributed by atoms with Crippen molar-refractivity contribution in [1.29, 1.82) is 0 Å². The van der Waals surface area contributed by atoms with Crippen LogP contribution >= 0.6 is 0 Å². The molecule has 6 heteroatoms. The average Bonchev–Trinajstić information content (AvgIpc) is 2.36. The minimum atomic E-state index is -0.719. The molecule has 2 rings (SSSR count). The Labute approximate surface area is 111 Å². The summed E-state index contributed by atoms with van der Waals surface area (Å²) in [5, 5.41) is 0. The number of rotatable bonds is 2. The second-order valence-electron chi connectivity index (χ2n) is 4.62. The number of carbonyl (C=O) groups is 2. The lowest BCUT2D eigenvalue weighted by atomic mass is 10.1. The van der Waals surface area contributed by atoms with E-state index in [1.807, 2.05) is 6.92 Å². The van der Waals surface area contributed by atoms with E-state index in [4.69, 9.17) is 16.2 Å². The number of ether oxygens (including phenoxy) is 1. The van der Waals surface area contributed by atoms with Gasteiger partial charge in [0.05, 0.1) is 13.2 Å². The molecule has 2 amide bonds. The highest BCUT2D eigenvalue weighted by molar-refractivity contribution is 5.98. The molecule has 1 unspecified atom stereocenters. The van der Waals surface area contributed by atoms with Gasteiger partial charge in [-0.15, -0.1) is 0 Å². The van der Waals surface area contributed by atoms with Crippen LogP contribution in [0.5, 0.6) is 0 Å². The molecule has 1 fully saturated rings. The SMILES string of the molecule is Cc1cc(N)cc(C(=O)N2CCOCC2C(N)=O)c1. The number of amides is 2. The van der Waals surface area contributed by atoms with Crippen LogP contribution in [0.3, 0.4) is 0 Å². The number of primary amides is 1. The lowest BCUT2D eigenvalue weighted by Gasteiger charge is -2.33. The highest BCUT2D eigenvalue weighted by Gasteiger charge is 2.32. The standard InChI is InChI=1S/C13H17N3O3/c1-8-4-9(6-10(14)5-8)13(18)16-2-3-19-7-11(16)12(15)17/h4-6,11H,2-3,7,14H2,1H3,(H2,15,17). The van der Waals surface area contributed by atoms with Crippen LogP contribution in [0.1, 0.15) is 15.9 Å². The maximum Gasteiger partial charge on any atom is 0.254 e. The number of hydrogen-bond donors (Lipinski definition) is 2. The molecule has 1 aliphatic heterocycles. The number of aryl methyl sites for hydroxylation is 1. The number of anilines is 1. The summed E-state index contributed by atoms with van der Waals surface area (Å²) in [7, 11) is 0. The molecule has 1 aliphatic rings. The summed E-state index contributed by atoms with van der Waals surface area (Å²) in [6, 6.07) is 4.40. The summed E-state index contributed by atoms with van der Waals surface area (Å²) >= 11 is 0. The van der Waals surface area contributed by atoms with Crippen LogP contribution in [-0.4, -0.2) is 42.5 Å². The molecule has 6 nitrogen and oxygen atoms in total. The second-order valence-corrected chi connectivity index (χ2v) is 4.62. The van der Waals surface area contributed by atoms with Gasteiger partial charge in [-0.25, -0.2) is 0 Å². The molecule has 1 saturated heterocycles. The molecule has 1 aromatic rings. The summed E-state index contributed by atoms with van der Waals surface area (Å²) in [6.07, 6.45) is 0. The van der Waals surface area contributed by atoms with Crippen LogP contribution < -0.4 is 11.5 Å². The van der Waals surface area contributed by atoms with E-state index in [0.29, 0.717) is 24.4 Å². The summed E-state index contributed by atoms with van der Waals surface area (Å²) in [6.45, 7) is 2.75. The first kappa shape index (κ1) is 13.4. The fourth-order valence-corrected chi connectivity index (χ4v) is 2.18. The molecule has 0 saturated carbocycles. The van der Waals surface area contributed by atoms with Crippen molar-refractivity contribution < 1.29 is 14.3 Å². The third-order valence-electron chi connectivity index (χ3n) is 3.06. The van der Waals surface area contributed by atoms with Gasteiger partial charge < -0.3 is 21.1 Å². The van der Waals surface area contributed by atoms with Gasteiger partial charge in [0.15, 0.2) is 0 Å². The Kier molecular flexibility index (Phi) is 3.71. The number of carbonyl (C=O) groups excluding carboxylic acids is 2. The Bertz CT molecular complexity index is 496. The van der Waals surface area contributed by atoms with E-state index in [0.717, 1.165) is 5.56 Å². The smallest absolute Gasteiger partial charge is 0.254 e. The zero-order valence-corrected chi connectivity index (χ0v) is 10.8. The molecular weight excluding hydrogens is 246 g/mol. The Hall–Kier alpha value is -2.08. The monoisotopic (exact) mass is 263 g/mol. The number of morpholine rings is 1. The fraction of sp³-hybridized carbons (Fsp3) is 0.385. The fourth-order valence-electron chi connectivity index (χ4n) is 2.18. The highest BCUT2D eigenvalue weighted by Crippen LogP contribution is 2.16. The molecule has 102 valence electrons. The van der Waals surface area contributed by atoms with Crippen molar-refractivity contribution in [3.05, 3.63) is 29.3 Å². The van der Waals surface area contributed by atoms with E-state index in [1.165, 1.54) is 4.90 Å². The quantitative estimate of drug-likeness (QED) is 0.728. The molecule has 1 atom stereocenters. The summed E-state index contributed by atoms with van der Waals surface area (Å²) < 4.78 is 5.19. The van der Waals surface area contributed by atoms with Crippen molar-refractivity contribution in [3.8, 4) is 0 Å². The van der Waals surface area contributed by atoms with Crippen LogP contribution in [0.2, 0.25) is 0 Å².